The molecule has 0 radical (unpaired) electrons. The normalized spacial score (nSPS) is 11.8. The maximum absolute atomic E-state index is 6.94. The van der Waals surface area contributed by atoms with Crippen LogP contribution in [0.25, 0.3) is 110 Å². The Bertz CT molecular complexity index is 3890. The van der Waals surface area contributed by atoms with Crippen molar-refractivity contribution in [1.29, 1.82) is 0 Å². The second kappa shape index (κ2) is 14.5. The summed E-state index contributed by atoms with van der Waals surface area (Å²) in [7, 11) is 0. The highest BCUT2D eigenvalue weighted by Crippen LogP contribution is 2.49. The molecule has 3 aromatic heterocycles. The number of furan rings is 3. The van der Waals surface area contributed by atoms with Crippen molar-refractivity contribution < 1.29 is 13.3 Å². The van der Waals surface area contributed by atoms with E-state index in [-0.39, 0.29) is 0 Å². The van der Waals surface area contributed by atoms with Gasteiger partial charge in [-0.3, -0.25) is 0 Å². The van der Waals surface area contributed by atoms with E-state index in [4.69, 9.17) is 13.3 Å². The summed E-state index contributed by atoms with van der Waals surface area (Å²) in [6, 6.07) is 79.0. The van der Waals surface area contributed by atoms with E-state index in [0.29, 0.717) is 0 Å². The molecule has 0 aliphatic heterocycles. The number of hydrogen-bond donors (Lipinski definition) is 0. The summed E-state index contributed by atoms with van der Waals surface area (Å²) in [6.45, 7) is 0. The van der Waals surface area contributed by atoms with Crippen molar-refractivity contribution in [2.45, 2.75) is 0 Å². The van der Waals surface area contributed by atoms with E-state index in [1.54, 1.807) is 0 Å². The maximum Gasteiger partial charge on any atom is 0.159 e. The summed E-state index contributed by atoms with van der Waals surface area (Å²) in [6.07, 6.45) is 0. The molecule has 64 heavy (non-hydrogen) atoms. The van der Waals surface area contributed by atoms with Crippen LogP contribution in [0.15, 0.2) is 238 Å². The lowest BCUT2D eigenvalue weighted by atomic mass is 9.95. The largest absolute Gasteiger partial charge is 0.455 e. The third-order valence-corrected chi connectivity index (χ3v) is 12.7. The zero-order valence-electron chi connectivity index (χ0n) is 34.5. The van der Waals surface area contributed by atoms with Crippen LogP contribution in [0.3, 0.4) is 0 Å². The van der Waals surface area contributed by atoms with Crippen LogP contribution in [0.2, 0.25) is 0 Å². The number of fused-ring (bicyclic) bond motifs is 9. The molecule has 0 aliphatic rings. The predicted molar refractivity (Wildman–Crippen MR) is 265 cm³/mol. The van der Waals surface area contributed by atoms with Gasteiger partial charge in [-0.05, 0) is 88.0 Å². The van der Waals surface area contributed by atoms with Crippen LogP contribution in [-0.4, -0.2) is 0 Å². The monoisotopic (exact) mass is 819 g/mol. The van der Waals surface area contributed by atoms with Gasteiger partial charge < -0.3 is 18.2 Å². The highest BCUT2D eigenvalue weighted by Gasteiger charge is 2.25. The van der Waals surface area contributed by atoms with Crippen molar-refractivity contribution in [3.05, 3.63) is 224 Å². The minimum atomic E-state index is 0.815. The van der Waals surface area contributed by atoms with Gasteiger partial charge in [-0.2, -0.15) is 0 Å². The quantitative estimate of drug-likeness (QED) is 0.161. The van der Waals surface area contributed by atoms with Crippen LogP contribution in [0, 0.1) is 0 Å². The first-order valence-electron chi connectivity index (χ1n) is 21.7. The van der Waals surface area contributed by atoms with Gasteiger partial charge in [-0.15, -0.1) is 0 Å². The average molecular weight is 820 g/mol. The molecule has 3 heterocycles. The molecule has 0 N–H and O–H groups in total. The van der Waals surface area contributed by atoms with Gasteiger partial charge in [0.2, 0.25) is 0 Å². The molecule has 13 aromatic rings. The molecule has 4 nitrogen and oxygen atoms in total. The Labute approximate surface area is 368 Å². The summed E-state index contributed by atoms with van der Waals surface area (Å²) in [5, 5.41) is 6.43. The van der Waals surface area contributed by atoms with E-state index in [0.717, 1.165) is 116 Å². The van der Waals surface area contributed by atoms with E-state index in [1.807, 2.05) is 30.3 Å². The van der Waals surface area contributed by atoms with E-state index in [2.05, 4.69) is 199 Å². The zero-order chi connectivity index (χ0) is 42.1. The smallest absolute Gasteiger partial charge is 0.159 e. The van der Waals surface area contributed by atoms with Crippen LogP contribution in [0.1, 0.15) is 0 Å². The molecular formula is C60H37NO3. The van der Waals surface area contributed by atoms with Gasteiger partial charge in [0.15, 0.2) is 5.58 Å². The lowest BCUT2D eigenvalue weighted by Gasteiger charge is -2.27. The molecule has 0 unspecified atom stereocenters. The molecule has 4 heteroatoms. The van der Waals surface area contributed by atoms with Gasteiger partial charge in [0.25, 0.3) is 0 Å². The Morgan fingerprint density at radius 2 is 0.719 bits per heavy atom. The van der Waals surface area contributed by atoms with Gasteiger partial charge in [0, 0.05) is 43.7 Å². The lowest BCUT2D eigenvalue weighted by molar-refractivity contribution is 0.668. The summed E-state index contributed by atoms with van der Waals surface area (Å²) >= 11 is 0. The molecule has 0 atom stereocenters. The van der Waals surface area contributed by atoms with Crippen molar-refractivity contribution >= 4 is 82.9 Å². The molecule has 0 saturated heterocycles. The van der Waals surface area contributed by atoms with Crippen molar-refractivity contribution in [2.75, 3.05) is 4.90 Å². The highest BCUT2D eigenvalue weighted by molar-refractivity contribution is 6.19. The molecule has 0 aliphatic carbocycles. The van der Waals surface area contributed by atoms with Gasteiger partial charge in [0.1, 0.15) is 27.9 Å². The third-order valence-electron chi connectivity index (χ3n) is 12.7. The van der Waals surface area contributed by atoms with Crippen molar-refractivity contribution in [3.8, 4) is 44.5 Å². The molecule has 0 bridgehead atoms. The Balaban J connectivity index is 0.992. The second-order valence-corrected chi connectivity index (χ2v) is 16.4. The van der Waals surface area contributed by atoms with Crippen LogP contribution in [-0.2, 0) is 0 Å². The standard InChI is InChI=1S/C60H37NO3/c1-2-13-38(14-3-1)39-27-29-40(30-28-39)41-31-33-44(34-32-41)61(53-23-12-22-50-48-18-5-8-25-55(48)63-59(50)53)52-36-35-46(60-57(52)51-19-6-9-26-56(51)64-60)43-16-10-15-42(37-43)45-20-11-21-49-47-17-4-7-24-54(47)62-58(45)49/h1-37H. The molecule has 10 aromatic carbocycles. The van der Waals surface area contributed by atoms with Gasteiger partial charge in [0.05, 0.1) is 16.8 Å². The van der Waals surface area contributed by atoms with Crippen LogP contribution in [0.4, 0.5) is 17.1 Å². The average Bonchev–Trinajstić information content (AvgIpc) is 4.07. The fourth-order valence-corrected chi connectivity index (χ4v) is 9.66. The number of rotatable bonds is 7. The summed E-state index contributed by atoms with van der Waals surface area (Å²) in [5.41, 5.74) is 16.9. The Kier molecular flexibility index (Phi) is 8.18. The first-order chi connectivity index (χ1) is 31.7. The van der Waals surface area contributed by atoms with Gasteiger partial charge in [-0.25, -0.2) is 0 Å². The summed E-state index contributed by atoms with van der Waals surface area (Å²) in [4.78, 5) is 2.33. The summed E-state index contributed by atoms with van der Waals surface area (Å²) < 4.78 is 20.2. The van der Waals surface area contributed by atoms with E-state index < -0.39 is 0 Å². The molecule has 0 saturated carbocycles. The first kappa shape index (κ1) is 36.1. The maximum atomic E-state index is 6.94. The fraction of sp³-hybridized carbons (Fsp3) is 0. The Morgan fingerprint density at radius 1 is 0.266 bits per heavy atom. The lowest BCUT2D eigenvalue weighted by Crippen LogP contribution is -2.10. The number of nitrogens with zero attached hydrogens (tertiary/aromatic N) is 1. The fourth-order valence-electron chi connectivity index (χ4n) is 9.66. The molecular weight excluding hydrogens is 783 g/mol. The SMILES string of the molecule is c1ccc(-c2ccc(-c3ccc(N(c4cccc5c4oc4ccccc45)c4ccc(-c5cccc(-c6cccc7c6oc6ccccc67)c5)c5oc6ccccc6c45)cc3)cc2)cc1. The Morgan fingerprint density at radius 3 is 1.39 bits per heavy atom. The number of para-hydroxylation sites is 5. The van der Waals surface area contributed by atoms with Crippen LogP contribution in [0.5, 0.6) is 0 Å². The summed E-state index contributed by atoms with van der Waals surface area (Å²) in [5.74, 6) is 0. The third kappa shape index (κ3) is 5.77. The minimum Gasteiger partial charge on any atom is -0.455 e. The molecule has 0 amide bonds. The van der Waals surface area contributed by atoms with Crippen LogP contribution >= 0.6 is 0 Å². The molecule has 13 rings (SSSR count). The van der Waals surface area contributed by atoms with Gasteiger partial charge in [-0.1, -0.05) is 170 Å². The highest BCUT2D eigenvalue weighted by atomic mass is 16.3. The van der Waals surface area contributed by atoms with Crippen LogP contribution < -0.4 is 4.90 Å². The molecule has 300 valence electrons. The number of hydrogen-bond acceptors (Lipinski definition) is 4. The van der Waals surface area contributed by atoms with E-state index in [9.17, 15) is 0 Å². The first-order valence-corrected chi connectivity index (χ1v) is 21.7. The number of benzene rings is 10. The zero-order valence-corrected chi connectivity index (χ0v) is 34.5. The van der Waals surface area contributed by atoms with E-state index >= 15 is 0 Å². The topological polar surface area (TPSA) is 42.7 Å². The van der Waals surface area contributed by atoms with E-state index in [1.165, 1.54) is 11.1 Å². The second-order valence-electron chi connectivity index (χ2n) is 16.4. The van der Waals surface area contributed by atoms with Gasteiger partial charge >= 0.3 is 0 Å². The van der Waals surface area contributed by atoms with Crippen molar-refractivity contribution in [3.63, 3.8) is 0 Å². The number of anilines is 3. The predicted octanol–water partition coefficient (Wildman–Crippen LogP) is 17.5. The molecule has 0 fully saturated rings. The van der Waals surface area contributed by atoms with Crippen molar-refractivity contribution in [1.82, 2.24) is 0 Å². The molecule has 0 spiro atoms. The van der Waals surface area contributed by atoms with Crippen molar-refractivity contribution in [2.24, 2.45) is 0 Å². The minimum absolute atomic E-state index is 0.815. The Hall–Kier alpha value is -8.60.